The highest BCUT2D eigenvalue weighted by Gasteiger charge is 2.38. The number of amides is 1. The van der Waals surface area contributed by atoms with E-state index < -0.39 is 5.97 Å². The summed E-state index contributed by atoms with van der Waals surface area (Å²) in [4.78, 5) is 24.4. The number of carbonyl (C=O) groups excluding carboxylic acids is 1. The van der Waals surface area contributed by atoms with Crippen molar-refractivity contribution >= 4 is 17.6 Å². The van der Waals surface area contributed by atoms with E-state index in [0.29, 0.717) is 19.0 Å². The van der Waals surface area contributed by atoms with Crippen LogP contribution in [-0.2, 0) is 28.0 Å². The predicted molar refractivity (Wildman–Crippen MR) is 115 cm³/mol. The molecule has 0 fully saturated rings. The van der Waals surface area contributed by atoms with Crippen LogP contribution in [0.15, 0.2) is 48.5 Å². The van der Waals surface area contributed by atoms with Crippen LogP contribution in [0.1, 0.15) is 49.8 Å². The van der Waals surface area contributed by atoms with Crippen molar-refractivity contribution in [3.8, 4) is 0 Å². The molecular weight excluding hydrogens is 364 g/mol. The number of carboxylic acids is 1. The average molecular weight is 395 g/mol. The second kappa shape index (κ2) is 8.68. The molecule has 2 aromatic rings. The number of aliphatic carboxylic acids is 1. The summed E-state index contributed by atoms with van der Waals surface area (Å²) >= 11 is 0. The maximum absolute atomic E-state index is 12.1. The van der Waals surface area contributed by atoms with Crippen molar-refractivity contribution < 1.29 is 14.7 Å². The Morgan fingerprint density at radius 1 is 1.10 bits per heavy atom. The first-order valence-electron chi connectivity index (χ1n) is 10.2. The molecule has 0 spiro atoms. The first-order chi connectivity index (χ1) is 13.8. The molecule has 1 unspecified atom stereocenters. The summed E-state index contributed by atoms with van der Waals surface area (Å²) in [5.41, 5.74) is 5.03. The molecule has 2 aromatic carbocycles. The minimum absolute atomic E-state index is 0.0288. The van der Waals surface area contributed by atoms with E-state index in [-0.39, 0.29) is 24.2 Å². The van der Waals surface area contributed by atoms with Crippen LogP contribution in [0.2, 0.25) is 0 Å². The molecule has 0 saturated carbocycles. The van der Waals surface area contributed by atoms with Gasteiger partial charge in [-0.1, -0.05) is 50.2 Å². The third-order valence-corrected chi connectivity index (χ3v) is 5.93. The monoisotopic (exact) mass is 394 g/mol. The molecular formula is C24H30N2O3. The largest absolute Gasteiger partial charge is 0.481 e. The fraction of sp³-hybridized carbons (Fsp3) is 0.417. The van der Waals surface area contributed by atoms with Crippen LogP contribution in [0, 0.1) is 0 Å². The first-order valence-corrected chi connectivity index (χ1v) is 10.2. The van der Waals surface area contributed by atoms with Crippen molar-refractivity contribution in [3.63, 3.8) is 0 Å². The number of nitrogens with one attached hydrogen (secondary N) is 1. The number of hydrogen-bond donors (Lipinski definition) is 2. The lowest BCUT2D eigenvalue weighted by atomic mass is 9.83. The molecule has 0 saturated heterocycles. The Bertz CT molecular complexity index is 874. The molecule has 5 nitrogen and oxygen atoms in total. The lowest BCUT2D eigenvalue weighted by Crippen LogP contribution is -2.36. The molecule has 154 valence electrons. The third-order valence-electron chi connectivity index (χ3n) is 5.93. The Kier molecular flexibility index (Phi) is 6.26. The Labute approximate surface area is 172 Å². The van der Waals surface area contributed by atoms with Gasteiger partial charge >= 0.3 is 5.97 Å². The molecule has 0 radical (unpaired) electrons. The quantitative estimate of drug-likeness (QED) is 0.704. The summed E-state index contributed by atoms with van der Waals surface area (Å²) in [6, 6.07) is 17.2. The van der Waals surface area contributed by atoms with E-state index in [1.54, 1.807) is 11.9 Å². The van der Waals surface area contributed by atoms with Gasteiger partial charge in [0, 0.05) is 43.6 Å². The van der Waals surface area contributed by atoms with Gasteiger partial charge in [-0.2, -0.15) is 0 Å². The van der Waals surface area contributed by atoms with E-state index in [4.69, 9.17) is 5.11 Å². The van der Waals surface area contributed by atoms with Gasteiger partial charge in [-0.05, 0) is 41.7 Å². The van der Waals surface area contributed by atoms with Crippen LogP contribution in [0.4, 0.5) is 5.69 Å². The second-order valence-corrected chi connectivity index (χ2v) is 8.47. The van der Waals surface area contributed by atoms with Crippen LogP contribution in [-0.4, -0.2) is 35.0 Å². The number of fused-ring (bicyclic) bond motifs is 1. The molecule has 0 bridgehead atoms. The minimum Gasteiger partial charge on any atom is -0.481 e. The van der Waals surface area contributed by atoms with Crippen molar-refractivity contribution in [1.82, 2.24) is 4.90 Å². The Morgan fingerprint density at radius 2 is 1.79 bits per heavy atom. The summed E-state index contributed by atoms with van der Waals surface area (Å²) in [6.07, 6.45) is 1.68. The lowest BCUT2D eigenvalue weighted by molar-refractivity contribution is -0.137. The second-order valence-electron chi connectivity index (χ2n) is 8.47. The number of nitrogens with zero attached hydrogens (tertiary/aromatic N) is 1. The molecule has 0 aromatic heterocycles. The van der Waals surface area contributed by atoms with Gasteiger partial charge in [-0.15, -0.1) is 0 Å². The van der Waals surface area contributed by atoms with E-state index >= 15 is 0 Å². The third kappa shape index (κ3) is 4.97. The summed E-state index contributed by atoms with van der Waals surface area (Å²) in [6.45, 7) is 5.10. The number of carboxylic acid groups (broad SMARTS) is 1. The van der Waals surface area contributed by atoms with E-state index in [1.807, 2.05) is 12.1 Å². The fourth-order valence-corrected chi connectivity index (χ4v) is 4.07. The van der Waals surface area contributed by atoms with Gasteiger partial charge in [0.1, 0.15) is 0 Å². The Morgan fingerprint density at radius 3 is 2.45 bits per heavy atom. The molecule has 1 atom stereocenters. The summed E-state index contributed by atoms with van der Waals surface area (Å²) in [5.74, 6) is -0.893. The maximum atomic E-state index is 12.1. The Balaban J connectivity index is 1.56. The normalized spacial score (nSPS) is 16.9. The first kappa shape index (κ1) is 20.9. The van der Waals surface area contributed by atoms with Crippen LogP contribution >= 0.6 is 0 Å². The van der Waals surface area contributed by atoms with Crippen molar-refractivity contribution in [1.29, 1.82) is 0 Å². The number of hydrogen-bond acceptors (Lipinski definition) is 3. The van der Waals surface area contributed by atoms with Crippen LogP contribution in [0.5, 0.6) is 0 Å². The predicted octanol–water partition coefficient (Wildman–Crippen LogP) is 4.21. The van der Waals surface area contributed by atoms with E-state index in [2.05, 4.69) is 55.6 Å². The molecule has 0 aliphatic heterocycles. The zero-order chi connectivity index (χ0) is 21.0. The van der Waals surface area contributed by atoms with E-state index in [1.165, 1.54) is 11.1 Å². The summed E-state index contributed by atoms with van der Waals surface area (Å²) in [5, 5.41) is 12.4. The van der Waals surface area contributed by atoms with Crippen LogP contribution in [0.3, 0.4) is 0 Å². The van der Waals surface area contributed by atoms with Gasteiger partial charge < -0.3 is 15.3 Å². The molecule has 1 amide bonds. The standard InChI is InChI=1S/C24H30N2O3/c1-24(2)20-8-5-4-7-18(20)15-21(24)25-19-13-11-17(12-14-19)16-26(3)22(27)9-6-10-23(28)29/h4-5,7-8,11-14,21,25H,6,9-10,15-16H2,1-3H3,(H,28,29). The minimum atomic E-state index is -0.864. The Hall–Kier alpha value is -2.82. The number of benzene rings is 2. The van der Waals surface area contributed by atoms with Crippen molar-refractivity contribution in [3.05, 3.63) is 65.2 Å². The SMILES string of the molecule is CN(Cc1ccc(NC2Cc3ccccc3C2(C)C)cc1)C(=O)CCCC(=O)O. The molecule has 5 heteroatoms. The van der Waals surface area contributed by atoms with Gasteiger partial charge in [0.25, 0.3) is 0 Å². The molecule has 0 heterocycles. The molecule has 1 aliphatic rings. The molecule has 2 N–H and O–H groups in total. The van der Waals surface area contributed by atoms with Gasteiger partial charge in [0.05, 0.1) is 0 Å². The fourth-order valence-electron chi connectivity index (χ4n) is 4.07. The van der Waals surface area contributed by atoms with Gasteiger partial charge in [-0.3, -0.25) is 9.59 Å². The van der Waals surface area contributed by atoms with Crippen molar-refractivity contribution in [2.24, 2.45) is 0 Å². The molecule has 1 aliphatic carbocycles. The highest BCUT2D eigenvalue weighted by atomic mass is 16.4. The molecule has 3 rings (SSSR count). The van der Waals surface area contributed by atoms with E-state index in [9.17, 15) is 9.59 Å². The average Bonchev–Trinajstić information content (AvgIpc) is 2.93. The number of carbonyl (C=O) groups is 2. The highest BCUT2D eigenvalue weighted by Crippen LogP contribution is 2.39. The van der Waals surface area contributed by atoms with E-state index in [0.717, 1.165) is 17.7 Å². The van der Waals surface area contributed by atoms with Crippen LogP contribution in [0.25, 0.3) is 0 Å². The zero-order valence-electron chi connectivity index (χ0n) is 17.4. The zero-order valence-corrected chi connectivity index (χ0v) is 17.4. The number of anilines is 1. The maximum Gasteiger partial charge on any atom is 0.303 e. The van der Waals surface area contributed by atoms with Crippen molar-refractivity contribution in [2.45, 2.75) is 57.5 Å². The van der Waals surface area contributed by atoms with Gasteiger partial charge in [0.15, 0.2) is 0 Å². The highest BCUT2D eigenvalue weighted by molar-refractivity contribution is 5.76. The summed E-state index contributed by atoms with van der Waals surface area (Å²) in [7, 11) is 1.76. The lowest BCUT2D eigenvalue weighted by Gasteiger charge is -2.30. The number of rotatable bonds is 8. The van der Waals surface area contributed by atoms with Crippen molar-refractivity contribution in [2.75, 3.05) is 12.4 Å². The van der Waals surface area contributed by atoms with Gasteiger partial charge in [-0.25, -0.2) is 0 Å². The topological polar surface area (TPSA) is 69.6 Å². The van der Waals surface area contributed by atoms with Gasteiger partial charge in [0.2, 0.25) is 5.91 Å². The summed E-state index contributed by atoms with van der Waals surface area (Å²) < 4.78 is 0. The smallest absolute Gasteiger partial charge is 0.303 e. The van der Waals surface area contributed by atoms with Crippen LogP contribution < -0.4 is 5.32 Å². The molecule has 29 heavy (non-hydrogen) atoms.